The number of benzene rings is 2. The molecule has 8 heteroatoms. The molecule has 3 aliphatic heterocycles. The lowest BCUT2D eigenvalue weighted by atomic mass is 10.00. The molecule has 0 unspecified atom stereocenters. The third kappa shape index (κ3) is 5.44. The summed E-state index contributed by atoms with van der Waals surface area (Å²) in [5.41, 5.74) is 1.95. The second-order valence-electron chi connectivity index (χ2n) is 8.57. The van der Waals surface area contributed by atoms with Crippen LogP contribution in [-0.4, -0.2) is 30.8 Å². The minimum atomic E-state index is -0.943. The van der Waals surface area contributed by atoms with Crippen molar-refractivity contribution in [3.05, 3.63) is 118 Å². The maximum absolute atomic E-state index is 13.0. The molecule has 0 N–H and O–H groups in total. The van der Waals surface area contributed by atoms with Crippen molar-refractivity contribution >= 4 is 52.6 Å². The molecule has 39 heavy (non-hydrogen) atoms. The van der Waals surface area contributed by atoms with E-state index >= 15 is 0 Å². The van der Waals surface area contributed by atoms with Crippen LogP contribution in [0.1, 0.15) is 13.8 Å². The highest BCUT2D eigenvalue weighted by atomic mass is 32.2. The van der Waals surface area contributed by atoms with E-state index in [1.807, 2.05) is 36.4 Å². The Bertz CT molecular complexity index is 1420. The number of hydrogen-bond donors (Lipinski definition) is 0. The molecule has 0 aromatic heterocycles. The summed E-state index contributed by atoms with van der Waals surface area (Å²) in [6.45, 7) is 5.80. The Balaban J connectivity index is 1.29. The van der Waals surface area contributed by atoms with E-state index in [4.69, 9.17) is 4.74 Å². The highest BCUT2D eigenvalue weighted by Gasteiger charge is 2.35. The minimum Gasteiger partial charge on any atom is -0.385 e. The van der Waals surface area contributed by atoms with E-state index in [0.717, 1.165) is 34.5 Å². The molecule has 0 atom stereocenters. The van der Waals surface area contributed by atoms with Crippen molar-refractivity contribution in [1.82, 2.24) is 0 Å². The van der Waals surface area contributed by atoms with Crippen LogP contribution in [-0.2, 0) is 19.1 Å². The molecule has 3 heterocycles. The van der Waals surface area contributed by atoms with Crippen LogP contribution in [0.15, 0.2) is 128 Å². The van der Waals surface area contributed by atoms with E-state index in [1.54, 1.807) is 47.8 Å². The largest absolute Gasteiger partial charge is 0.385 e. The number of anilines is 2. The van der Waals surface area contributed by atoms with Crippen LogP contribution in [0.5, 0.6) is 0 Å². The summed E-state index contributed by atoms with van der Waals surface area (Å²) in [6, 6.07) is 16.3. The quantitative estimate of drug-likeness (QED) is 0.172. The number of carbonyl (C=O) groups is 3. The van der Waals surface area contributed by atoms with Gasteiger partial charge in [-0.15, -0.1) is 0 Å². The molecule has 0 saturated carbocycles. The van der Waals surface area contributed by atoms with Gasteiger partial charge in [-0.25, -0.2) is 9.59 Å². The lowest BCUT2D eigenvalue weighted by molar-refractivity contribution is -0.156. The Morgan fingerprint density at radius 3 is 1.49 bits per heavy atom. The SMILES string of the molecule is CCN1/C(=C/C=C/C=C2\C(=O)OC(=O)\C(=C/C=C/C=C3\Sc4ccccc4N3CC)C2=O)Sc2ccccc21. The average molecular weight is 555 g/mol. The van der Waals surface area contributed by atoms with Gasteiger partial charge in [0.15, 0.2) is 0 Å². The molecule has 6 nitrogen and oxygen atoms in total. The smallest absolute Gasteiger partial charge is 0.350 e. The monoisotopic (exact) mass is 554 g/mol. The molecule has 5 rings (SSSR count). The van der Waals surface area contributed by atoms with Crippen molar-refractivity contribution < 1.29 is 19.1 Å². The normalized spacial score (nSPS) is 21.3. The number of hydrogen-bond acceptors (Lipinski definition) is 8. The first-order valence-electron chi connectivity index (χ1n) is 12.6. The van der Waals surface area contributed by atoms with Gasteiger partial charge < -0.3 is 14.5 Å². The molecule has 2 aromatic rings. The van der Waals surface area contributed by atoms with E-state index in [2.05, 4.69) is 47.9 Å². The number of allylic oxidation sites excluding steroid dienone is 8. The van der Waals surface area contributed by atoms with Crippen molar-refractivity contribution in [3.8, 4) is 0 Å². The number of fused-ring (bicyclic) bond motifs is 2. The lowest BCUT2D eigenvalue weighted by Crippen LogP contribution is -2.31. The summed E-state index contributed by atoms with van der Waals surface area (Å²) in [7, 11) is 0. The van der Waals surface area contributed by atoms with E-state index in [0.29, 0.717) is 0 Å². The molecular formula is C31H26N2O4S2. The minimum absolute atomic E-state index is 0.184. The highest BCUT2D eigenvalue weighted by Crippen LogP contribution is 2.46. The van der Waals surface area contributed by atoms with Crippen molar-refractivity contribution in [2.45, 2.75) is 23.6 Å². The summed E-state index contributed by atoms with van der Waals surface area (Å²) >= 11 is 3.32. The van der Waals surface area contributed by atoms with Gasteiger partial charge in [0.25, 0.3) is 0 Å². The van der Waals surface area contributed by atoms with E-state index in [9.17, 15) is 14.4 Å². The molecule has 0 radical (unpaired) electrons. The number of ketones is 1. The van der Waals surface area contributed by atoms with Crippen LogP contribution in [0.25, 0.3) is 0 Å². The standard InChI is InChI=1S/C31H26N2O4S2/c1-3-32-23-15-7-9-17-25(23)38-27(32)19-11-5-13-21-29(34)22(31(36)37-30(21)35)14-6-12-20-28-33(4-2)24-16-8-10-18-26(24)39-28/h5-20H,3-4H2,1-2H3/b11-5+,12-6+,21-13-,22-14-,27-19-,28-20-. The van der Waals surface area contributed by atoms with E-state index in [-0.39, 0.29) is 11.1 Å². The summed E-state index contributed by atoms with van der Waals surface area (Å²) < 4.78 is 4.84. The van der Waals surface area contributed by atoms with Crippen molar-refractivity contribution in [2.24, 2.45) is 0 Å². The predicted molar refractivity (Wildman–Crippen MR) is 157 cm³/mol. The zero-order valence-corrected chi connectivity index (χ0v) is 23.1. The first kappa shape index (κ1) is 26.6. The fourth-order valence-corrected chi connectivity index (χ4v) is 6.68. The molecular weight excluding hydrogens is 528 g/mol. The van der Waals surface area contributed by atoms with Crippen LogP contribution >= 0.6 is 23.5 Å². The molecule has 1 saturated heterocycles. The number of carbonyl (C=O) groups excluding carboxylic acids is 3. The molecule has 2 aromatic carbocycles. The zero-order chi connectivity index (χ0) is 27.4. The van der Waals surface area contributed by atoms with Crippen molar-refractivity contribution in [1.29, 1.82) is 0 Å². The summed E-state index contributed by atoms with van der Waals surface area (Å²) in [6.07, 6.45) is 13.4. The third-order valence-electron chi connectivity index (χ3n) is 6.25. The fraction of sp³-hybridized carbons (Fsp3) is 0.129. The summed E-state index contributed by atoms with van der Waals surface area (Å²) in [5, 5.41) is 2.09. The molecule has 0 spiro atoms. The maximum atomic E-state index is 13.0. The first-order valence-corrected chi connectivity index (χ1v) is 14.2. The van der Waals surface area contributed by atoms with Gasteiger partial charge >= 0.3 is 11.9 Å². The van der Waals surface area contributed by atoms with Crippen molar-refractivity contribution in [3.63, 3.8) is 0 Å². The second kappa shape index (κ2) is 11.8. The third-order valence-corrected chi connectivity index (χ3v) is 8.51. The topological polar surface area (TPSA) is 66.9 Å². The number of rotatable bonds is 6. The maximum Gasteiger partial charge on any atom is 0.350 e. The van der Waals surface area contributed by atoms with Crippen LogP contribution in [0.2, 0.25) is 0 Å². The Labute approximate surface area is 236 Å². The average Bonchev–Trinajstić information content (AvgIpc) is 3.48. The van der Waals surface area contributed by atoms with Crippen molar-refractivity contribution in [2.75, 3.05) is 22.9 Å². The van der Waals surface area contributed by atoms with Crippen LogP contribution in [0.3, 0.4) is 0 Å². The number of ether oxygens (including phenoxy) is 1. The number of Topliss-reactive ketones (excluding diaryl/α,β-unsaturated/α-hetero) is 1. The Hall–Kier alpha value is -4.01. The summed E-state index contributed by atoms with van der Waals surface area (Å²) in [4.78, 5) is 44.3. The Kier molecular flexibility index (Phi) is 8.05. The number of thioether (sulfide) groups is 2. The van der Waals surface area contributed by atoms with E-state index in [1.165, 1.54) is 21.9 Å². The van der Waals surface area contributed by atoms with Gasteiger partial charge in [0, 0.05) is 22.9 Å². The Morgan fingerprint density at radius 1 is 0.641 bits per heavy atom. The highest BCUT2D eigenvalue weighted by molar-refractivity contribution is 8.04. The number of esters is 2. The van der Waals surface area contributed by atoms with Gasteiger partial charge in [-0.05, 0) is 62.4 Å². The number of nitrogens with zero attached hydrogens (tertiary/aromatic N) is 2. The van der Waals surface area contributed by atoms with Crippen LogP contribution < -0.4 is 9.80 Å². The Morgan fingerprint density at radius 2 is 1.05 bits per heavy atom. The predicted octanol–water partition coefficient (Wildman–Crippen LogP) is 6.55. The summed E-state index contributed by atoms with van der Waals surface area (Å²) in [5.74, 6) is -2.54. The zero-order valence-electron chi connectivity index (χ0n) is 21.5. The lowest BCUT2D eigenvalue weighted by Gasteiger charge is -2.17. The van der Waals surface area contributed by atoms with Crippen LogP contribution in [0, 0.1) is 0 Å². The first-order chi connectivity index (χ1) is 19.0. The molecule has 0 amide bonds. The van der Waals surface area contributed by atoms with Gasteiger partial charge in [0.05, 0.1) is 21.4 Å². The van der Waals surface area contributed by atoms with E-state index < -0.39 is 17.7 Å². The number of para-hydroxylation sites is 2. The molecule has 196 valence electrons. The molecule has 3 aliphatic rings. The van der Waals surface area contributed by atoms with Gasteiger partial charge in [-0.2, -0.15) is 0 Å². The van der Waals surface area contributed by atoms with Gasteiger partial charge in [-0.1, -0.05) is 72.1 Å². The molecule has 0 aliphatic carbocycles. The van der Waals surface area contributed by atoms with Crippen LogP contribution in [0.4, 0.5) is 11.4 Å². The fourth-order valence-electron chi connectivity index (χ4n) is 4.40. The van der Waals surface area contributed by atoms with Gasteiger partial charge in [-0.3, -0.25) is 4.79 Å². The molecule has 1 fully saturated rings. The number of cyclic esters (lactones) is 2. The van der Waals surface area contributed by atoms with Gasteiger partial charge in [0.1, 0.15) is 11.1 Å². The molecule has 0 bridgehead atoms. The second-order valence-corrected chi connectivity index (χ2v) is 10.7. The van der Waals surface area contributed by atoms with Gasteiger partial charge in [0.2, 0.25) is 5.78 Å².